The molecule has 0 saturated carbocycles. The second-order valence-electron chi connectivity index (χ2n) is 8.76. The molecule has 0 amide bonds. The van der Waals surface area contributed by atoms with Gasteiger partial charge in [-0.15, -0.1) is 0 Å². The van der Waals surface area contributed by atoms with Crippen LogP contribution in [-0.2, 0) is 0 Å². The van der Waals surface area contributed by atoms with Gasteiger partial charge in [0.1, 0.15) is 0 Å². The van der Waals surface area contributed by atoms with E-state index < -0.39 is 8.07 Å². The Labute approximate surface area is 143 Å². The Bertz CT molecular complexity index is 675. The van der Waals surface area contributed by atoms with E-state index in [0.717, 1.165) is 5.69 Å². The van der Waals surface area contributed by atoms with Gasteiger partial charge in [0.15, 0.2) is 0 Å². The van der Waals surface area contributed by atoms with Crippen LogP contribution in [0.3, 0.4) is 0 Å². The van der Waals surface area contributed by atoms with E-state index in [1.165, 1.54) is 16.8 Å². The second-order valence-corrected chi connectivity index (χ2v) is 13.8. The lowest BCUT2D eigenvalue weighted by molar-refractivity contribution is 0.340. The summed E-state index contributed by atoms with van der Waals surface area (Å²) in [4.78, 5) is 4.97. The molecule has 0 N–H and O–H groups in total. The van der Waals surface area contributed by atoms with E-state index in [9.17, 15) is 0 Å². The molecular formula is C21H31NSi. The molecule has 2 heteroatoms. The monoisotopic (exact) mass is 325 g/mol. The third-order valence-electron chi connectivity index (χ3n) is 4.82. The van der Waals surface area contributed by atoms with Crippen LogP contribution in [0, 0.1) is 12.3 Å². The van der Waals surface area contributed by atoms with Crippen molar-refractivity contribution in [2.45, 2.75) is 60.2 Å². The SMILES string of the molecule is Cc1nc(-c2ccccc2)cc(C(C)C(C)(C)C)c1[Si](C)(C)C. The molecule has 23 heavy (non-hydrogen) atoms. The fraction of sp³-hybridized carbons (Fsp3) is 0.476. The molecule has 124 valence electrons. The fourth-order valence-electron chi connectivity index (χ4n) is 3.24. The molecule has 1 heterocycles. The van der Waals surface area contributed by atoms with Crippen LogP contribution in [0.2, 0.25) is 19.6 Å². The van der Waals surface area contributed by atoms with E-state index in [-0.39, 0.29) is 5.41 Å². The van der Waals surface area contributed by atoms with E-state index in [1.807, 2.05) is 0 Å². The van der Waals surface area contributed by atoms with Crippen LogP contribution in [0.5, 0.6) is 0 Å². The summed E-state index contributed by atoms with van der Waals surface area (Å²) in [6.45, 7) is 18.9. The van der Waals surface area contributed by atoms with E-state index in [1.54, 1.807) is 5.19 Å². The van der Waals surface area contributed by atoms with E-state index in [4.69, 9.17) is 4.98 Å². The topological polar surface area (TPSA) is 12.9 Å². The molecule has 0 bridgehead atoms. The minimum atomic E-state index is -1.45. The largest absolute Gasteiger partial charge is 0.253 e. The van der Waals surface area contributed by atoms with Crippen molar-refractivity contribution >= 4 is 13.3 Å². The van der Waals surface area contributed by atoms with Gasteiger partial charge >= 0.3 is 0 Å². The highest BCUT2D eigenvalue weighted by Crippen LogP contribution is 2.36. The first-order valence-electron chi connectivity index (χ1n) is 8.59. The molecule has 1 aromatic carbocycles. The first kappa shape index (κ1) is 17.9. The summed E-state index contributed by atoms with van der Waals surface area (Å²) < 4.78 is 0. The summed E-state index contributed by atoms with van der Waals surface area (Å²) in [6, 6.07) is 12.9. The van der Waals surface area contributed by atoms with Crippen LogP contribution in [0.1, 0.15) is 44.9 Å². The van der Waals surface area contributed by atoms with Gasteiger partial charge in [0.05, 0.1) is 13.8 Å². The molecule has 0 radical (unpaired) electrons. The third kappa shape index (κ3) is 3.92. The lowest BCUT2D eigenvalue weighted by Gasteiger charge is -2.33. The second kappa shape index (κ2) is 6.24. The van der Waals surface area contributed by atoms with Crippen LogP contribution in [0.15, 0.2) is 36.4 Å². The average molecular weight is 326 g/mol. The van der Waals surface area contributed by atoms with Gasteiger partial charge in [-0.1, -0.05) is 77.7 Å². The molecule has 0 aliphatic heterocycles. The fourth-order valence-corrected chi connectivity index (χ4v) is 5.53. The molecule has 2 rings (SSSR count). The zero-order chi connectivity index (χ0) is 17.4. The summed E-state index contributed by atoms with van der Waals surface area (Å²) >= 11 is 0. The predicted molar refractivity (Wildman–Crippen MR) is 105 cm³/mol. The Morgan fingerprint density at radius 3 is 2.04 bits per heavy atom. The standard InChI is InChI=1S/C21H31NSi/c1-15(21(3,4)5)18-14-19(17-12-10-9-11-13-17)22-16(2)20(18)23(6,7)8/h9-15H,1-8H3. The van der Waals surface area contributed by atoms with Gasteiger partial charge in [0.25, 0.3) is 0 Å². The molecule has 2 aromatic rings. The van der Waals surface area contributed by atoms with E-state index in [2.05, 4.69) is 90.7 Å². The molecule has 1 nitrogen and oxygen atoms in total. The van der Waals surface area contributed by atoms with Crippen molar-refractivity contribution in [3.63, 3.8) is 0 Å². The van der Waals surface area contributed by atoms with Crippen molar-refractivity contribution in [3.8, 4) is 11.3 Å². The van der Waals surface area contributed by atoms with Gasteiger partial charge in [-0.05, 0) is 35.1 Å². The molecular weight excluding hydrogens is 294 g/mol. The van der Waals surface area contributed by atoms with Gasteiger partial charge in [0, 0.05) is 11.3 Å². The molecule has 0 aliphatic rings. The van der Waals surface area contributed by atoms with Crippen molar-refractivity contribution in [2.75, 3.05) is 0 Å². The number of rotatable bonds is 3. The normalized spacial score (nSPS) is 13.9. The smallest absolute Gasteiger partial charge is 0.0803 e. The number of nitrogens with zero attached hydrogens (tertiary/aromatic N) is 1. The van der Waals surface area contributed by atoms with Gasteiger partial charge in [0.2, 0.25) is 0 Å². The Morgan fingerprint density at radius 1 is 1.00 bits per heavy atom. The molecule has 0 spiro atoms. The molecule has 1 unspecified atom stereocenters. The molecule has 1 aromatic heterocycles. The minimum Gasteiger partial charge on any atom is -0.253 e. The number of benzene rings is 1. The van der Waals surface area contributed by atoms with Gasteiger partial charge in [-0.2, -0.15) is 0 Å². The third-order valence-corrected chi connectivity index (χ3v) is 6.97. The summed E-state index contributed by atoms with van der Waals surface area (Å²) in [6.07, 6.45) is 0. The molecule has 0 aliphatic carbocycles. The first-order valence-corrected chi connectivity index (χ1v) is 12.1. The van der Waals surface area contributed by atoms with E-state index >= 15 is 0 Å². The van der Waals surface area contributed by atoms with Crippen molar-refractivity contribution in [1.29, 1.82) is 0 Å². The van der Waals surface area contributed by atoms with Crippen molar-refractivity contribution in [2.24, 2.45) is 5.41 Å². The van der Waals surface area contributed by atoms with E-state index in [0.29, 0.717) is 5.92 Å². The Balaban J connectivity index is 2.72. The summed E-state index contributed by atoms with van der Waals surface area (Å²) in [7, 11) is -1.45. The quantitative estimate of drug-likeness (QED) is 0.655. The maximum Gasteiger partial charge on any atom is 0.0803 e. The number of hydrogen-bond donors (Lipinski definition) is 0. The predicted octanol–water partition coefficient (Wildman–Crippen LogP) is 5.75. The summed E-state index contributed by atoms with van der Waals surface area (Å²) in [5, 5.41) is 1.54. The molecule has 0 fully saturated rings. The summed E-state index contributed by atoms with van der Waals surface area (Å²) in [5.74, 6) is 0.508. The molecule has 0 saturated heterocycles. The lowest BCUT2D eigenvalue weighted by atomic mass is 9.77. The van der Waals surface area contributed by atoms with Gasteiger partial charge < -0.3 is 0 Å². The maximum atomic E-state index is 4.97. The number of pyridine rings is 1. The van der Waals surface area contributed by atoms with Crippen LogP contribution < -0.4 is 5.19 Å². The zero-order valence-corrected chi connectivity index (χ0v) is 17.0. The highest BCUT2D eigenvalue weighted by molar-refractivity contribution is 6.89. The minimum absolute atomic E-state index is 0.246. The molecule has 1 atom stereocenters. The van der Waals surface area contributed by atoms with Crippen LogP contribution in [0.4, 0.5) is 0 Å². The van der Waals surface area contributed by atoms with Crippen molar-refractivity contribution in [1.82, 2.24) is 4.98 Å². The summed E-state index contributed by atoms with van der Waals surface area (Å²) in [5.41, 5.74) is 5.28. The average Bonchev–Trinajstić information content (AvgIpc) is 2.44. The number of aryl methyl sites for hydroxylation is 1. The Hall–Kier alpha value is -1.41. The lowest BCUT2D eigenvalue weighted by Crippen LogP contribution is -2.44. The highest BCUT2D eigenvalue weighted by atomic mass is 28.3. The van der Waals surface area contributed by atoms with Gasteiger partial charge in [-0.3, -0.25) is 4.98 Å². The first-order chi connectivity index (χ1) is 10.5. The van der Waals surface area contributed by atoms with Crippen LogP contribution >= 0.6 is 0 Å². The van der Waals surface area contributed by atoms with Crippen LogP contribution in [0.25, 0.3) is 11.3 Å². The Morgan fingerprint density at radius 2 is 1.57 bits per heavy atom. The number of hydrogen-bond acceptors (Lipinski definition) is 1. The van der Waals surface area contributed by atoms with Crippen molar-refractivity contribution < 1.29 is 0 Å². The van der Waals surface area contributed by atoms with Gasteiger partial charge in [-0.25, -0.2) is 0 Å². The number of aromatic nitrogens is 1. The van der Waals surface area contributed by atoms with Crippen LogP contribution in [-0.4, -0.2) is 13.1 Å². The highest BCUT2D eigenvalue weighted by Gasteiger charge is 2.31. The zero-order valence-electron chi connectivity index (χ0n) is 16.0. The Kier molecular flexibility index (Phi) is 4.86. The maximum absolute atomic E-state index is 4.97. The van der Waals surface area contributed by atoms with Crippen molar-refractivity contribution in [3.05, 3.63) is 47.7 Å².